The minimum absolute atomic E-state index is 0.0400. The van der Waals surface area contributed by atoms with Crippen LogP contribution in [0.2, 0.25) is 0 Å². The van der Waals surface area contributed by atoms with E-state index < -0.39 is 0 Å². The van der Waals surface area contributed by atoms with Crippen LogP contribution in [0.4, 0.5) is 0 Å². The fourth-order valence-corrected chi connectivity index (χ4v) is 2.42. The molecule has 2 rings (SSSR count). The molecule has 114 valence electrons. The molecule has 1 N–H and O–H groups in total. The molecule has 5 nitrogen and oxygen atoms in total. The molecule has 0 aromatic heterocycles. The van der Waals surface area contributed by atoms with E-state index in [0.29, 0.717) is 19.0 Å². The summed E-state index contributed by atoms with van der Waals surface area (Å²) in [4.78, 5) is 27.9. The lowest BCUT2D eigenvalue weighted by Crippen LogP contribution is -2.51. The lowest BCUT2D eigenvalue weighted by Gasteiger charge is -2.35. The molecule has 0 aromatic carbocycles. The maximum absolute atomic E-state index is 12.1. The van der Waals surface area contributed by atoms with Crippen LogP contribution >= 0.6 is 0 Å². The Balaban J connectivity index is 1.68. The maximum atomic E-state index is 12.1. The molecule has 2 fully saturated rings. The van der Waals surface area contributed by atoms with Crippen molar-refractivity contribution in [3.8, 4) is 0 Å². The first kappa shape index (κ1) is 15.3. The number of nitrogens with zero attached hydrogens (tertiary/aromatic N) is 2. The van der Waals surface area contributed by atoms with Crippen LogP contribution in [0.3, 0.4) is 0 Å². The van der Waals surface area contributed by atoms with Crippen LogP contribution in [0.25, 0.3) is 0 Å². The van der Waals surface area contributed by atoms with E-state index in [-0.39, 0.29) is 17.2 Å². The summed E-state index contributed by atoms with van der Waals surface area (Å²) >= 11 is 0. The molecule has 0 atom stereocenters. The van der Waals surface area contributed by atoms with E-state index >= 15 is 0 Å². The van der Waals surface area contributed by atoms with Gasteiger partial charge in [-0.15, -0.1) is 0 Å². The van der Waals surface area contributed by atoms with Crippen molar-refractivity contribution in [2.45, 2.75) is 46.1 Å². The average Bonchev–Trinajstić information content (AvgIpc) is 3.11. The van der Waals surface area contributed by atoms with Crippen molar-refractivity contribution in [1.29, 1.82) is 0 Å². The standard InChI is InChI=1S/C15H27N3O2/c1-15(2,3)10-14(20)18-8-6-17(7-9-18)11-13(19)16-12-4-5-12/h12H,4-11H2,1-3H3,(H,16,19). The van der Waals surface area contributed by atoms with Gasteiger partial charge < -0.3 is 10.2 Å². The van der Waals surface area contributed by atoms with E-state index in [4.69, 9.17) is 0 Å². The van der Waals surface area contributed by atoms with Crippen molar-refractivity contribution < 1.29 is 9.59 Å². The number of piperazine rings is 1. The summed E-state index contributed by atoms with van der Waals surface area (Å²) in [6.07, 6.45) is 2.84. The summed E-state index contributed by atoms with van der Waals surface area (Å²) in [5.41, 5.74) is 0.0400. The molecule has 0 radical (unpaired) electrons. The quantitative estimate of drug-likeness (QED) is 0.831. The predicted octanol–water partition coefficient (Wildman–Crippen LogP) is 0.845. The second kappa shape index (κ2) is 6.12. The Bertz CT molecular complexity index is 364. The van der Waals surface area contributed by atoms with Crippen molar-refractivity contribution in [2.24, 2.45) is 5.41 Å². The predicted molar refractivity (Wildman–Crippen MR) is 78.3 cm³/mol. The minimum Gasteiger partial charge on any atom is -0.352 e. The Kier molecular flexibility index (Phi) is 4.68. The van der Waals surface area contributed by atoms with Crippen LogP contribution in [-0.2, 0) is 9.59 Å². The van der Waals surface area contributed by atoms with Gasteiger partial charge in [0.1, 0.15) is 0 Å². The molecule has 1 saturated heterocycles. The van der Waals surface area contributed by atoms with Gasteiger partial charge in [-0.05, 0) is 18.3 Å². The van der Waals surface area contributed by atoms with Gasteiger partial charge in [0.25, 0.3) is 0 Å². The fraction of sp³-hybridized carbons (Fsp3) is 0.867. The van der Waals surface area contributed by atoms with Gasteiger partial charge in [-0.1, -0.05) is 20.8 Å². The highest BCUT2D eigenvalue weighted by molar-refractivity contribution is 5.79. The van der Waals surface area contributed by atoms with Gasteiger partial charge in [0.2, 0.25) is 11.8 Å². The molecule has 2 aliphatic rings. The lowest BCUT2D eigenvalue weighted by molar-refractivity contribution is -0.135. The molecule has 1 saturated carbocycles. The molecular weight excluding hydrogens is 254 g/mol. The smallest absolute Gasteiger partial charge is 0.234 e. The zero-order valence-electron chi connectivity index (χ0n) is 12.9. The van der Waals surface area contributed by atoms with Gasteiger partial charge in [0.15, 0.2) is 0 Å². The average molecular weight is 281 g/mol. The topological polar surface area (TPSA) is 52.7 Å². The Hall–Kier alpha value is -1.10. The largest absolute Gasteiger partial charge is 0.352 e. The highest BCUT2D eigenvalue weighted by Crippen LogP contribution is 2.20. The van der Waals surface area contributed by atoms with Gasteiger partial charge in [0, 0.05) is 38.6 Å². The number of rotatable bonds is 4. The molecule has 2 amide bonds. The third-order valence-corrected chi connectivity index (χ3v) is 3.72. The number of nitrogens with one attached hydrogen (secondary N) is 1. The number of hydrogen-bond donors (Lipinski definition) is 1. The molecular formula is C15H27N3O2. The zero-order chi connectivity index (χ0) is 14.8. The van der Waals surface area contributed by atoms with Crippen molar-refractivity contribution in [1.82, 2.24) is 15.1 Å². The van der Waals surface area contributed by atoms with Crippen LogP contribution in [0.15, 0.2) is 0 Å². The van der Waals surface area contributed by atoms with Crippen LogP contribution in [0.5, 0.6) is 0 Å². The molecule has 20 heavy (non-hydrogen) atoms. The van der Waals surface area contributed by atoms with E-state index in [2.05, 4.69) is 31.0 Å². The first-order chi connectivity index (χ1) is 9.33. The minimum atomic E-state index is 0.0400. The number of hydrogen-bond acceptors (Lipinski definition) is 3. The summed E-state index contributed by atoms with van der Waals surface area (Å²) in [5.74, 6) is 0.363. The first-order valence-corrected chi connectivity index (χ1v) is 7.63. The molecule has 0 spiro atoms. The van der Waals surface area contributed by atoms with E-state index in [9.17, 15) is 9.59 Å². The van der Waals surface area contributed by atoms with Crippen LogP contribution < -0.4 is 5.32 Å². The Morgan fingerprint density at radius 3 is 2.20 bits per heavy atom. The highest BCUT2D eigenvalue weighted by atomic mass is 16.2. The second-order valence-electron chi connectivity index (χ2n) is 7.24. The molecule has 0 aromatic rings. The third kappa shape index (κ3) is 5.12. The van der Waals surface area contributed by atoms with Gasteiger partial charge in [-0.3, -0.25) is 14.5 Å². The Morgan fingerprint density at radius 2 is 1.70 bits per heavy atom. The van der Waals surface area contributed by atoms with Crippen molar-refractivity contribution in [3.63, 3.8) is 0 Å². The van der Waals surface area contributed by atoms with Crippen molar-refractivity contribution in [2.75, 3.05) is 32.7 Å². The van der Waals surface area contributed by atoms with E-state index in [0.717, 1.165) is 39.0 Å². The third-order valence-electron chi connectivity index (χ3n) is 3.72. The fourth-order valence-electron chi connectivity index (χ4n) is 2.42. The normalized spacial score (nSPS) is 20.9. The van der Waals surface area contributed by atoms with E-state index in [1.807, 2.05) is 4.90 Å². The summed E-state index contributed by atoms with van der Waals surface area (Å²) < 4.78 is 0. The molecule has 0 bridgehead atoms. The molecule has 0 unspecified atom stereocenters. The van der Waals surface area contributed by atoms with E-state index in [1.54, 1.807) is 0 Å². The number of carbonyl (C=O) groups is 2. The molecule has 1 aliphatic carbocycles. The van der Waals surface area contributed by atoms with Crippen LogP contribution in [0.1, 0.15) is 40.0 Å². The lowest BCUT2D eigenvalue weighted by atomic mass is 9.91. The van der Waals surface area contributed by atoms with Crippen LogP contribution in [-0.4, -0.2) is 60.4 Å². The summed E-state index contributed by atoms with van der Waals surface area (Å²) in [7, 11) is 0. The maximum Gasteiger partial charge on any atom is 0.234 e. The zero-order valence-corrected chi connectivity index (χ0v) is 12.9. The highest BCUT2D eigenvalue weighted by Gasteiger charge is 2.27. The molecule has 1 heterocycles. The van der Waals surface area contributed by atoms with Gasteiger partial charge in [-0.2, -0.15) is 0 Å². The van der Waals surface area contributed by atoms with Gasteiger partial charge >= 0.3 is 0 Å². The van der Waals surface area contributed by atoms with Crippen molar-refractivity contribution >= 4 is 11.8 Å². The molecule has 5 heteroatoms. The summed E-state index contributed by atoms with van der Waals surface area (Å²) in [6.45, 7) is 9.81. The van der Waals surface area contributed by atoms with Gasteiger partial charge in [-0.25, -0.2) is 0 Å². The van der Waals surface area contributed by atoms with Crippen LogP contribution in [0, 0.1) is 5.41 Å². The summed E-state index contributed by atoms with van der Waals surface area (Å²) in [5, 5.41) is 3.01. The van der Waals surface area contributed by atoms with Gasteiger partial charge in [0.05, 0.1) is 6.54 Å². The number of amides is 2. The Labute approximate surface area is 121 Å². The second-order valence-corrected chi connectivity index (χ2v) is 7.24. The first-order valence-electron chi connectivity index (χ1n) is 7.63. The monoisotopic (exact) mass is 281 g/mol. The molecule has 1 aliphatic heterocycles. The SMILES string of the molecule is CC(C)(C)CC(=O)N1CCN(CC(=O)NC2CC2)CC1. The van der Waals surface area contributed by atoms with Crippen molar-refractivity contribution in [3.05, 3.63) is 0 Å². The summed E-state index contributed by atoms with van der Waals surface area (Å²) in [6, 6.07) is 0.428. The Morgan fingerprint density at radius 1 is 1.10 bits per heavy atom. The van der Waals surface area contributed by atoms with E-state index in [1.165, 1.54) is 0 Å². The number of carbonyl (C=O) groups excluding carboxylic acids is 2.